The van der Waals surface area contributed by atoms with Crippen LogP contribution in [0.5, 0.6) is 0 Å². The van der Waals surface area contributed by atoms with Crippen molar-refractivity contribution in [2.75, 3.05) is 11.9 Å². The molecule has 2 aromatic heterocycles. The molecule has 0 bridgehead atoms. The van der Waals surface area contributed by atoms with Crippen LogP contribution in [0.15, 0.2) is 28.0 Å². The van der Waals surface area contributed by atoms with Crippen molar-refractivity contribution in [1.82, 2.24) is 24.1 Å². The summed E-state index contributed by atoms with van der Waals surface area (Å²) in [5, 5.41) is 10.9. The lowest BCUT2D eigenvalue weighted by Gasteiger charge is -2.07. The number of anilines is 1. The normalized spacial score (nSPS) is 10.6. The minimum absolute atomic E-state index is 0.185. The first-order valence-corrected chi connectivity index (χ1v) is 5.95. The molecule has 0 atom stereocenters. The zero-order valence-electron chi connectivity index (χ0n) is 10.9. The van der Waals surface area contributed by atoms with E-state index in [0.29, 0.717) is 6.54 Å². The summed E-state index contributed by atoms with van der Waals surface area (Å²) >= 11 is 0. The van der Waals surface area contributed by atoms with Crippen LogP contribution in [-0.4, -0.2) is 30.7 Å². The zero-order valence-corrected chi connectivity index (χ0v) is 10.9. The van der Waals surface area contributed by atoms with Gasteiger partial charge in [-0.3, -0.25) is 14.0 Å². The number of aryl methyl sites for hydroxylation is 2. The molecule has 8 nitrogen and oxygen atoms in total. The average Bonchev–Trinajstić information content (AvgIpc) is 2.91. The Balaban J connectivity index is 1.97. The Morgan fingerprint density at radius 1 is 1.32 bits per heavy atom. The molecular weight excluding hydrogens is 248 g/mol. The van der Waals surface area contributed by atoms with Crippen molar-refractivity contribution in [2.45, 2.75) is 13.0 Å². The van der Waals surface area contributed by atoms with Crippen LogP contribution in [0.25, 0.3) is 0 Å². The quantitative estimate of drug-likeness (QED) is 0.713. The number of hydrogen-bond donors (Lipinski definition) is 1. The molecule has 102 valence electrons. The van der Waals surface area contributed by atoms with Crippen molar-refractivity contribution in [3.05, 3.63) is 39.3 Å². The van der Waals surface area contributed by atoms with E-state index in [1.807, 2.05) is 16.9 Å². The lowest BCUT2D eigenvalue weighted by molar-refractivity contribution is 0.582. The van der Waals surface area contributed by atoms with Crippen LogP contribution in [0.2, 0.25) is 0 Å². The maximum Gasteiger partial charge on any atom is 0.346 e. The number of nitrogens with one attached hydrogen (secondary N) is 1. The van der Waals surface area contributed by atoms with Crippen LogP contribution < -0.4 is 16.6 Å². The molecule has 0 aromatic carbocycles. The second kappa shape index (κ2) is 5.51. The van der Waals surface area contributed by atoms with Crippen LogP contribution in [-0.2, 0) is 20.6 Å². The Hall–Kier alpha value is -2.38. The van der Waals surface area contributed by atoms with Gasteiger partial charge in [-0.2, -0.15) is 5.10 Å². The lowest BCUT2D eigenvalue weighted by atomic mass is 10.4. The van der Waals surface area contributed by atoms with E-state index >= 15 is 0 Å². The van der Waals surface area contributed by atoms with Gasteiger partial charge in [-0.05, 0) is 12.5 Å². The van der Waals surface area contributed by atoms with Gasteiger partial charge in [-0.15, -0.1) is 5.10 Å². The molecule has 0 radical (unpaired) electrons. The standard InChI is InChI=1S/C11H16N6O2/c1-15-10(18)9(14-16(2)11(15)19)12-5-3-7-17-8-4-6-13-17/h4,6,8H,3,5,7H2,1-2H3,(H,12,14). The maximum absolute atomic E-state index is 11.8. The Bertz CT molecular complexity index is 655. The summed E-state index contributed by atoms with van der Waals surface area (Å²) in [6, 6.07) is 1.86. The molecule has 0 aliphatic carbocycles. The SMILES string of the molecule is Cn1nc(NCCCn2cccn2)c(=O)n(C)c1=O. The van der Waals surface area contributed by atoms with Crippen LogP contribution in [0.4, 0.5) is 5.82 Å². The lowest BCUT2D eigenvalue weighted by Crippen LogP contribution is -2.40. The minimum atomic E-state index is -0.438. The van der Waals surface area contributed by atoms with Gasteiger partial charge in [-0.1, -0.05) is 0 Å². The van der Waals surface area contributed by atoms with Gasteiger partial charge < -0.3 is 5.32 Å². The van der Waals surface area contributed by atoms with Gasteiger partial charge >= 0.3 is 5.69 Å². The van der Waals surface area contributed by atoms with Gasteiger partial charge in [0.2, 0.25) is 5.82 Å². The van der Waals surface area contributed by atoms with Crippen molar-refractivity contribution in [2.24, 2.45) is 14.1 Å². The summed E-state index contributed by atoms with van der Waals surface area (Å²) in [4.78, 5) is 23.2. The number of nitrogens with zero attached hydrogens (tertiary/aromatic N) is 5. The summed E-state index contributed by atoms with van der Waals surface area (Å²) in [5.74, 6) is 0.185. The summed E-state index contributed by atoms with van der Waals surface area (Å²) in [5.41, 5.74) is -0.853. The van der Waals surface area contributed by atoms with Crippen molar-refractivity contribution in [1.29, 1.82) is 0 Å². The van der Waals surface area contributed by atoms with Crippen molar-refractivity contribution in [3.63, 3.8) is 0 Å². The summed E-state index contributed by atoms with van der Waals surface area (Å²) < 4.78 is 3.98. The second-order valence-electron chi connectivity index (χ2n) is 4.17. The van der Waals surface area contributed by atoms with Crippen molar-refractivity contribution >= 4 is 5.82 Å². The van der Waals surface area contributed by atoms with Gasteiger partial charge in [-0.25, -0.2) is 9.48 Å². The fourth-order valence-corrected chi connectivity index (χ4v) is 1.69. The summed E-state index contributed by atoms with van der Waals surface area (Å²) in [7, 11) is 2.94. The first-order valence-electron chi connectivity index (χ1n) is 5.95. The Labute approximate surface area is 109 Å². The molecule has 2 heterocycles. The molecular formula is C11H16N6O2. The molecule has 0 aliphatic rings. The third-order valence-corrected chi connectivity index (χ3v) is 2.74. The van der Waals surface area contributed by atoms with E-state index in [9.17, 15) is 9.59 Å². The van der Waals surface area contributed by atoms with E-state index in [-0.39, 0.29) is 5.82 Å². The Kier molecular flexibility index (Phi) is 3.79. The zero-order chi connectivity index (χ0) is 13.8. The highest BCUT2D eigenvalue weighted by atomic mass is 16.2. The number of hydrogen-bond acceptors (Lipinski definition) is 5. The molecule has 0 amide bonds. The molecule has 0 spiro atoms. The molecule has 0 aliphatic heterocycles. The van der Waals surface area contributed by atoms with E-state index in [2.05, 4.69) is 15.5 Å². The fourth-order valence-electron chi connectivity index (χ4n) is 1.69. The summed E-state index contributed by atoms with van der Waals surface area (Å²) in [6.07, 6.45) is 4.40. The molecule has 0 saturated heterocycles. The molecule has 8 heteroatoms. The highest BCUT2D eigenvalue weighted by molar-refractivity contribution is 5.29. The predicted octanol–water partition coefficient (Wildman–Crippen LogP) is -0.822. The van der Waals surface area contributed by atoms with Gasteiger partial charge in [0.05, 0.1) is 0 Å². The molecule has 0 fully saturated rings. The van der Waals surface area contributed by atoms with Crippen molar-refractivity contribution < 1.29 is 0 Å². The average molecular weight is 264 g/mol. The van der Waals surface area contributed by atoms with Crippen LogP contribution in [0.3, 0.4) is 0 Å². The van der Waals surface area contributed by atoms with E-state index in [1.165, 1.54) is 14.1 Å². The molecule has 2 rings (SSSR count). The van der Waals surface area contributed by atoms with Gasteiger partial charge in [0.1, 0.15) is 0 Å². The third kappa shape index (κ3) is 2.90. The number of aromatic nitrogens is 5. The van der Waals surface area contributed by atoms with Gasteiger partial charge in [0, 0.05) is 39.6 Å². The largest absolute Gasteiger partial charge is 0.364 e. The third-order valence-electron chi connectivity index (χ3n) is 2.74. The summed E-state index contributed by atoms with van der Waals surface area (Å²) in [6.45, 7) is 1.34. The number of rotatable bonds is 5. The van der Waals surface area contributed by atoms with Crippen LogP contribution in [0.1, 0.15) is 6.42 Å². The van der Waals surface area contributed by atoms with Crippen molar-refractivity contribution in [3.8, 4) is 0 Å². The van der Waals surface area contributed by atoms with Gasteiger partial charge in [0.25, 0.3) is 5.56 Å². The molecule has 0 saturated carbocycles. The fraction of sp³-hybridized carbons (Fsp3) is 0.455. The van der Waals surface area contributed by atoms with Crippen LogP contribution in [0, 0.1) is 0 Å². The first kappa shape index (κ1) is 13.1. The van der Waals surface area contributed by atoms with E-state index < -0.39 is 11.2 Å². The molecule has 2 aromatic rings. The highest BCUT2D eigenvalue weighted by Gasteiger charge is 2.07. The minimum Gasteiger partial charge on any atom is -0.364 e. The smallest absolute Gasteiger partial charge is 0.346 e. The molecule has 19 heavy (non-hydrogen) atoms. The predicted molar refractivity (Wildman–Crippen MR) is 70.1 cm³/mol. The Morgan fingerprint density at radius 2 is 2.11 bits per heavy atom. The van der Waals surface area contributed by atoms with E-state index in [1.54, 1.807) is 6.20 Å². The topological polar surface area (TPSA) is 86.7 Å². The van der Waals surface area contributed by atoms with Crippen LogP contribution >= 0.6 is 0 Å². The van der Waals surface area contributed by atoms with E-state index in [0.717, 1.165) is 22.2 Å². The first-order chi connectivity index (χ1) is 9.09. The molecule has 0 unspecified atom stereocenters. The second-order valence-corrected chi connectivity index (χ2v) is 4.17. The highest BCUT2D eigenvalue weighted by Crippen LogP contribution is 1.93. The molecule has 1 N–H and O–H groups in total. The van der Waals surface area contributed by atoms with E-state index in [4.69, 9.17) is 0 Å². The monoisotopic (exact) mass is 264 g/mol. The Morgan fingerprint density at radius 3 is 2.79 bits per heavy atom. The van der Waals surface area contributed by atoms with Gasteiger partial charge in [0.15, 0.2) is 0 Å². The maximum atomic E-state index is 11.8.